The average molecular weight is 469 g/mol. The first kappa shape index (κ1) is 23.5. The summed E-state index contributed by atoms with van der Waals surface area (Å²) in [5, 5.41) is 22.3. The van der Waals surface area contributed by atoms with Crippen molar-refractivity contribution in [1.82, 2.24) is 9.80 Å². The third-order valence-corrected chi connectivity index (χ3v) is 6.03. The maximum atomic E-state index is 13.4. The fraction of sp³-hybridized carbons (Fsp3) is 0.333. The number of halogens is 1. The Labute approximate surface area is 195 Å². The first-order valence-electron chi connectivity index (χ1n) is 11.0. The fourth-order valence-electron chi connectivity index (χ4n) is 4.32. The molecule has 178 valence electrons. The average Bonchev–Trinajstić information content (AvgIpc) is 3.10. The van der Waals surface area contributed by atoms with Crippen LogP contribution in [0.25, 0.3) is 5.76 Å². The van der Waals surface area contributed by atoms with Crippen molar-refractivity contribution < 1.29 is 28.7 Å². The summed E-state index contributed by atoms with van der Waals surface area (Å²) in [4.78, 5) is 40.3. The minimum Gasteiger partial charge on any atom is -0.507 e. The Balaban J connectivity index is 1.70. The Hall–Kier alpha value is -3.63. The van der Waals surface area contributed by atoms with E-state index in [2.05, 4.69) is 4.90 Å². The minimum absolute atomic E-state index is 0.170. The molecule has 10 heteroatoms. The molecule has 0 aliphatic carbocycles. The third-order valence-electron chi connectivity index (χ3n) is 6.03. The number of ketones is 1. The van der Waals surface area contributed by atoms with Crippen LogP contribution in [0.1, 0.15) is 23.6 Å². The molecule has 4 rings (SSSR count). The number of carbonyl (C=O) groups is 2. The van der Waals surface area contributed by atoms with Gasteiger partial charge in [-0.15, -0.1) is 0 Å². The van der Waals surface area contributed by atoms with Gasteiger partial charge in [-0.05, 0) is 36.2 Å². The van der Waals surface area contributed by atoms with Crippen LogP contribution in [-0.2, 0) is 14.3 Å². The molecule has 2 fully saturated rings. The molecule has 0 spiro atoms. The van der Waals surface area contributed by atoms with Crippen molar-refractivity contribution in [1.29, 1.82) is 0 Å². The molecule has 2 aromatic carbocycles. The van der Waals surface area contributed by atoms with Gasteiger partial charge in [-0.2, -0.15) is 0 Å². The van der Waals surface area contributed by atoms with Gasteiger partial charge < -0.3 is 14.7 Å². The van der Waals surface area contributed by atoms with E-state index in [1.165, 1.54) is 35.2 Å². The highest BCUT2D eigenvalue weighted by Gasteiger charge is 2.46. The van der Waals surface area contributed by atoms with Crippen molar-refractivity contribution in [3.8, 4) is 0 Å². The summed E-state index contributed by atoms with van der Waals surface area (Å²) in [5.41, 5.74) is 0.133. The van der Waals surface area contributed by atoms with Crippen LogP contribution in [0.5, 0.6) is 0 Å². The van der Waals surface area contributed by atoms with Gasteiger partial charge in [0.2, 0.25) is 0 Å². The van der Waals surface area contributed by atoms with Crippen molar-refractivity contribution in [3.05, 3.63) is 81.2 Å². The maximum absolute atomic E-state index is 13.4. The highest BCUT2D eigenvalue weighted by molar-refractivity contribution is 6.46. The number of ether oxygens (including phenoxy) is 1. The van der Waals surface area contributed by atoms with E-state index in [1.807, 2.05) is 0 Å². The molecule has 2 aliphatic heterocycles. The first-order chi connectivity index (χ1) is 16.4. The number of rotatable bonds is 7. The van der Waals surface area contributed by atoms with E-state index in [-0.39, 0.29) is 23.4 Å². The van der Waals surface area contributed by atoms with Crippen LogP contribution in [0.3, 0.4) is 0 Å². The molecule has 0 aromatic heterocycles. The number of hydrogen-bond acceptors (Lipinski definition) is 7. The van der Waals surface area contributed by atoms with E-state index in [0.29, 0.717) is 31.7 Å². The van der Waals surface area contributed by atoms with E-state index < -0.39 is 34.2 Å². The van der Waals surface area contributed by atoms with E-state index in [9.17, 15) is 29.2 Å². The van der Waals surface area contributed by atoms with Gasteiger partial charge in [-0.1, -0.05) is 12.1 Å². The van der Waals surface area contributed by atoms with Gasteiger partial charge in [0.25, 0.3) is 17.4 Å². The standard InChI is InChI=1S/C24H24FN3O6/c25-18-7-5-16(6-8-18)22(29)20-21(17-3-1-4-19(15-17)28(32)33)27(24(31)23(20)30)10-2-9-26-11-13-34-14-12-26/h1,3-8,15,21,29H,2,9-14H2/b22-20-. The lowest BCUT2D eigenvalue weighted by Gasteiger charge is -2.29. The number of aliphatic hydroxyl groups is 1. The Morgan fingerprint density at radius 3 is 2.50 bits per heavy atom. The Bertz CT molecular complexity index is 1130. The quantitative estimate of drug-likeness (QED) is 0.218. The molecule has 2 saturated heterocycles. The second-order valence-electron chi connectivity index (χ2n) is 8.16. The van der Waals surface area contributed by atoms with Crippen molar-refractivity contribution in [2.75, 3.05) is 39.4 Å². The number of nitrogens with zero attached hydrogens (tertiary/aromatic N) is 3. The zero-order valence-corrected chi connectivity index (χ0v) is 18.4. The predicted octanol–water partition coefficient (Wildman–Crippen LogP) is 2.88. The van der Waals surface area contributed by atoms with Crippen LogP contribution in [0.4, 0.5) is 10.1 Å². The number of hydrogen-bond donors (Lipinski definition) is 1. The van der Waals surface area contributed by atoms with E-state index >= 15 is 0 Å². The predicted molar refractivity (Wildman–Crippen MR) is 120 cm³/mol. The van der Waals surface area contributed by atoms with Gasteiger partial charge >= 0.3 is 0 Å². The molecule has 0 radical (unpaired) electrons. The minimum atomic E-state index is -1.00. The zero-order valence-electron chi connectivity index (χ0n) is 18.4. The second-order valence-corrected chi connectivity index (χ2v) is 8.16. The lowest BCUT2D eigenvalue weighted by atomic mass is 9.95. The Morgan fingerprint density at radius 2 is 1.82 bits per heavy atom. The van der Waals surface area contributed by atoms with Gasteiger partial charge in [0, 0.05) is 43.9 Å². The van der Waals surface area contributed by atoms with E-state index in [1.54, 1.807) is 6.07 Å². The molecular weight excluding hydrogens is 445 g/mol. The molecule has 1 atom stereocenters. The Morgan fingerprint density at radius 1 is 1.12 bits per heavy atom. The second kappa shape index (κ2) is 10.1. The molecular formula is C24H24FN3O6. The fourth-order valence-corrected chi connectivity index (χ4v) is 4.32. The third kappa shape index (κ3) is 4.82. The number of amides is 1. The summed E-state index contributed by atoms with van der Waals surface area (Å²) in [5.74, 6) is -2.65. The number of non-ortho nitro benzene ring substituents is 1. The lowest BCUT2D eigenvalue weighted by Crippen LogP contribution is -2.39. The maximum Gasteiger partial charge on any atom is 0.295 e. The first-order valence-corrected chi connectivity index (χ1v) is 11.0. The van der Waals surface area contributed by atoms with Crippen LogP contribution >= 0.6 is 0 Å². The molecule has 0 bridgehead atoms. The number of likely N-dealkylation sites (tertiary alicyclic amines) is 1. The van der Waals surface area contributed by atoms with Gasteiger partial charge in [-0.3, -0.25) is 24.6 Å². The van der Waals surface area contributed by atoms with E-state index in [0.717, 1.165) is 25.2 Å². The monoisotopic (exact) mass is 469 g/mol. The molecule has 34 heavy (non-hydrogen) atoms. The number of morpholine rings is 1. The van der Waals surface area contributed by atoms with Gasteiger partial charge in [0.1, 0.15) is 11.6 Å². The van der Waals surface area contributed by atoms with Crippen LogP contribution < -0.4 is 0 Å². The highest BCUT2D eigenvalue weighted by Crippen LogP contribution is 2.40. The summed E-state index contributed by atoms with van der Waals surface area (Å²) < 4.78 is 18.7. The Kier molecular flexibility index (Phi) is 6.99. The number of benzene rings is 2. The topological polar surface area (TPSA) is 113 Å². The smallest absolute Gasteiger partial charge is 0.295 e. The van der Waals surface area contributed by atoms with Crippen LogP contribution in [0.15, 0.2) is 54.1 Å². The number of aliphatic hydroxyl groups excluding tert-OH is 1. The number of carbonyl (C=O) groups excluding carboxylic acids is 2. The SMILES string of the molecule is O=C1C(=O)N(CCCN2CCOCC2)C(c2cccc([N+](=O)[O-])c2)/C1=C(/O)c1ccc(F)cc1. The molecule has 1 unspecified atom stereocenters. The van der Waals surface area contributed by atoms with Crippen molar-refractivity contribution in [2.45, 2.75) is 12.5 Å². The number of nitro benzene ring substituents is 1. The van der Waals surface area contributed by atoms with Gasteiger partial charge in [-0.25, -0.2) is 4.39 Å². The molecule has 2 aliphatic rings. The molecule has 2 heterocycles. The van der Waals surface area contributed by atoms with Crippen LogP contribution in [0, 0.1) is 15.9 Å². The largest absolute Gasteiger partial charge is 0.507 e. The summed E-state index contributed by atoms with van der Waals surface area (Å²) >= 11 is 0. The number of Topliss-reactive ketones (excluding diaryl/α,β-unsaturated/α-hetero) is 1. The van der Waals surface area contributed by atoms with Crippen LogP contribution in [0.2, 0.25) is 0 Å². The van der Waals surface area contributed by atoms with Crippen molar-refractivity contribution in [3.63, 3.8) is 0 Å². The van der Waals surface area contributed by atoms with E-state index in [4.69, 9.17) is 4.74 Å². The molecule has 1 amide bonds. The molecule has 0 saturated carbocycles. The van der Waals surface area contributed by atoms with Crippen LogP contribution in [-0.4, -0.2) is 70.9 Å². The van der Waals surface area contributed by atoms with Crippen molar-refractivity contribution >= 4 is 23.1 Å². The normalized spacial score (nSPS) is 20.6. The zero-order chi connectivity index (χ0) is 24.2. The van der Waals surface area contributed by atoms with Crippen molar-refractivity contribution in [2.24, 2.45) is 0 Å². The summed E-state index contributed by atoms with van der Waals surface area (Å²) in [6, 6.07) is 9.54. The van der Waals surface area contributed by atoms with Gasteiger partial charge in [0.05, 0.1) is 29.8 Å². The summed E-state index contributed by atoms with van der Waals surface area (Å²) in [6.45, 7) is 3.72. The lowest BCUT2D eigenvalue weighted by molar-refractivity contribution is -0.384. The summed E-state index contributed by atoms with van der Waals surface area (Å²) in [7, 11) is 0. The molecule has 9 nitrogen and oxygen atoms in total. The molecule has 2 aromatic rings. The highest BCUT2D eigenvalue weighted by atomic mass is 19.1. The van der Waals surface area contributed by atoms with Gasteiger partial charge in [0.15, 0.2) is 0 Å². The molecule has 1 N–H and O–H groups in total. The number of nitro groups is 1. The summed E-state index contributed by atoms with van der Waals surface area (Å²) in [6.07, 6.45) is 0.565.